The van der Waals surface area contributed by atoms with Crippen molar-refractivity contribution in [1.29, 1.82) is 0 Å². The predicted molar refractivity (Wildman–Crippen MR) is 155 cm³/mol. The van der Waals surface area contributed by atoms with Crippen LogP contribution < -0.4 is 0 Å². The van der Waals surface area contributed by atoms with E-state index in [1.165, 1.54) is 42.5 Å². The summed E-state index contributed by atoms with van der Waals surface area (Å²) < 4.78 is 0. The summed E-state index contributed by atoms with van der Waals surface area (Å²) in [5.74, 6) is -3.82. The van der Waals surface area contributed by atoms with Gasteiger partial charge in [-0.1, -0.05) is 81.2 Å². The average molecular weight is 688 g/mol. The van der Waals surface area contributed by atoms with E-state index in [0.717, 1.165) is 0 Å². The number of ketones is 1. The fourth-order valence-corrected chi connectivity index (χ4v) is 5.59. The summed E-state index contributed by atoms with van der Waals surface area (Å²) in [7, 11) is 0. The van der Waals surface area contributed by atoms with Crippen LogP contribution in [-0.2, 0) is 0 Å². The number of fused-ring (bicyclic) bond motifs is 1. The second kappa shape index (κ2) is 12.0. The molecule has 0 N–H and O–H groups in total. The van der Waals surface area contributed by atoms with Crippen LogP contribution in [0.3, 0.4) is 0 Å². The largest absolute Gasteiger partial charge is 0.292 e. The minimum absolute atomic E-state index is 0.0207. The zero-order valence-electron chi connectivity index (χ0n) is 19.1. The third-order valence-corrected chi connectivity index (χ3v) is 8.79. The average Bonchev–Trinajstić information content (AvgIpc) is 3.17. The highest BCUT2D eigenvalue weighted by Gasteiger charge is 2.49. The van der Waals surface area contributed by atoms with Crippen molar-refractivity contribution in [3.63, 3.8) is 0 Å². The SMILES string of the molecule is O=C(c1ccc(Cl)cc1)[C@@H](CCCl)N(C(=O)c1ccc(Cl)c(Cl)c1)N1C(=O)c2c(Cl)c(Cl)c(Cl)c(Cl)c2C1=O. The number of amides is 3. The molecular weight excluding hydrogens is 676 g/mol. The molecule has 0 aromatic heterocycles. The van der Waals surface area contributed by atoms with Gasteiger partial charge in [-0.3, -0.25) is 19.2 Å². The Morgan fingerprint density at radius 3 is 1.72 bits per heavy atom. The lowest BCUT2D eigenvalue weighted by atomic mass is 10.0. The molecular formula is C25H12Cl8N2O4. The van der Waals surface area contributed by atoms with Gasteiger partial charge in [0.15, 0.2) is 5.78 Å². The first-order valence-electron chi connectivity index (χ1n) is 10.8. The van der Waals surface area contributed by atoms with Crippen molar-refractivity contribution in [2.75, 3.05) is 5.88 Å². The quantitative estimate of drug-likeness (QED) is 0.0818. The number of alkyl halides is 1. The van der Waals surface area contributed by atoms with Crippen molar-refractivity contribution in [1.82, 2.24) is 10.0 Å². The molecule has 0 fully saturated rings. The predicted octanol–water partition coefficient (Wildman–Crippen LogP) is 8.79. The summed E-state index contributed by atoms with van der Waals surface area (Å²) in [5.41, 5.74) is -0.703. The number of benzene rings is 3. The second-order valence-electron chi connectivity index (χ2n) is 8.07. The number of hydrazine groups is 1. The van der Waals surface area contributed by atoms with Crippen molar-refractivity contribution in [2.24, 2.45) is 0 Å². The molecule has 0 unspecified atom stereocenters. The van der Waals surface area contributed by atoms with E-state index >= 15 is 0 Å². The molecule has 0 saturated carbocycles. The van der Waals surface area contributed by atoms with Gasteiger partial charge in [0.2, 0.25) is 0 Å². The molecule has 0 spiro atoms. The van der Waals surface area contributed by atoms with Crippen molar-refractivity contribution in [2.45, 2.75) is 12.5 Å². The zero-order valence-corrected chi connectivity index (χ0v) is 25.1. The lowest BCUT2D eigenvalue weighted by molar-refractivity contribution is -0.00960. The Balaban J connectivity index is 1.93. The fraction of sp³-hybridized carbons (Fsp3) is 0.120. The van der Waals surface area contributed by atoms with Gasteiger partial charge in [0.1, 0.15) is 6.04 Å². The third-order valence-electron chi connectivity index (χ3n) is 5.78. The number of hydrogen-bond donors (Lipinski definition) is 0. The summed E-state index contributed by atoms with van der Waals surface area (Å²) in [5, 5.41) is 0.503. The van der Waals surface area contributed by atoms with Crippen molar-refractivity contribution < 1.29 is 19.2 Å². The first-order chi connectivity index (χ1) is 18.4. The molecule has 1 heterocycles. The third kappa shape index (κ3) is 5.46. The molecule has 39 heavy (non-hydrogen) atoms. The van der Waals surface area contributed by atoms with E-state index in [2.05, 4.69) is 0 Å². The van der Waals surface area contributed by atoms with Crippen LogP contribution >= 0.6 is 92.8 Å². The maximum atomic E-state index is 14.0. The van der Waals surface area contributed by atoms with Gasteiger partial charge in [0, 0.05) is 22.0 Å². The summed E-state index contributed by atoms with van der Waals surface area (Å²) in [6.45, 7) is 0. The van der Waals surface area contributed by atoms with Crippen LogP contribution in [0.5, 0.6) is 0 Å². The van der Waals surface area contributed by atoms with Gasteiger partial charge >= 0.3 is 0 Å². The van der Waals surface area contributed by atoms with Crippen molar-refractivity contribution in [3.05, 3.63) is 99.9 Å². The van der Waals surface area contributed by atoms with Crippen molar-refractivity contribution >= 4 is 116 Å². The molecule has 202 valence electrons. The van der Waals surface area contributed by atoms with E-state index in [1.807, 2.05) is 0 Å². The number of halogens is 8. The molecule has 3 aromatic carbocycles. The van der Waals surface area contributed by atoms with Gasteiger partial charge < -0.3 is 0 Å². The molecule has 4 rings (SSSR count). The Labute approximate surface area is 262 Å². The highest BCUT2D eigenvalue weighted by molar-refractivity contribution is 6.55. The van der Waals surface area contributed by atoms with E-state index in [9.17, 15) is 19.2 Å². The van der Waals surface area contributed by atoms with Crippen LogP contribution in [0, 0.1) is 0 Å². The molecule has 1 aliphatic rings. The topological polar surface area (TPSA) is 74.8 Å². The van der Waals surface area contributed by atoms with Gasteiger partial charge in [-0.2, -0.15) is 5.01 Å². The van der Waals surface area contributed by atoms with E-state index < -0.39 is 29.5 Å². The molecule has 1 atom stereocenters. The summed E-state index contributed by atoms with van der Waals surface area (Å²) >= 11 is 49.0. The number of carbonyl (C=O) groups excluding carboxylic acids is 4. The van der Waals surface area contributed by atoms with Gasteiger partial charge in [-0.25, -0.2) is 5.01 Å². The lowest BCUT2D eigenvalue weighted by Crippen LogP contribution is -2.57. The van der Waals surface area contributed by atoms with Crippen LogP contribution in [0.4, 0.5) is 0 Å². The Hall–Kier alpha value is -1.74. The van der Waals surface area contributed by atoms with Crippen molar-refractivity contribution in [3.8, 4) is 0 Å². The summed E-state index contributed by atoms with van der Waals surface area (Å²) in [4.78, 5) is 55.2. The smallest absolute Gasteiger partial charge is 0.282 e. The van der Waals surface area contributed by atoms with Gasteiger partial charge in [-0.15, -0.1) is 11.6 Å². The Bertz CT molecular complexity index is 1500. The van der Waals surface area contributed by atoms with Crippen LogP contribution in [0.2, 0.25) is 35.2 Å². The number of imide groups is 1. The zero-order chi connectivity index (χ0) is 28.8. The molecule has 3 aromatic rings. The first-order valence-corrected chi connectivity index (χ1v) is 14.0. The fourth-order valence-electron chi connectivity index (χ4n) is 3.94. The number of carbonyl (C=O) groups is 4. The van der Waals surface area contributed by atoms with Crippen LogP contribution in [0.1, 0.15) is 47.9 Å². The second-order valence-corrected chi connectivity index (χ2v) is 11.2. The molecule has 14 heteroatoms. The van der Waals surface area contributed by atoms with Crippen LogP contribution in [0.15, 0.2) is 42.5 Å². The van der Waals surface area contributed by atoms with Crippen LogP contribution in [0.25, 0.3) is 0 Å². The number of hydrogen-bond acceptors (Lipinski definition) is 4. The number of rotatable bonds is 7. The van der Waals surface area contributed by atoms with E-state index in [4.69, 9.17) is 92.8 Å². The van der Waals surface area contributed by atoms with E-state index in [-0.39, 0.29) is 64.7 Å². The Morgan fingerprint density at radius 2 is 1.23 bits per heavy atom. The Kier molecular flexibility index (Phi) is 9.31. The molecule has 0 radical (unpaired) electrons. The van der Waals surface area contributed by atoms with Gasteiger partial charge in [-0.05, 0) is 48.9 Å². The number of nitrogens with zero attached hydrogens (tertiary/aromatic N) is 2. The maximum absolute atomic E-state index is 14.0. The standard InChI is InChI=1S/C25H12Cl8N2O4/c26-8-7-15(22(36)10-1-4-12(27)5-2-10)34(23(37)11-3-6-13(28)14(29)9-11)35-24(38)16-17(25(35)39)19(31)21(33)20(32)18(16)30/h1-6,9,15H,7-8H2/t15-/m1/s1. The van der Waals surface area contributed by atoms with Gasteiger partial charge in [0.25, 0.3) is 17.7 Å². The molecule has 0 bridgehead atoms. The number of Topliss-reactive ketones (excluding diaryl/α,β-unsaturated/α-hetero) is 1. The van der Waals surface area contributed by atoms with E-state index in [0.29, 0.717) is 15.0 Å². The highest BCUT2D eigenvalue weighted by atomic mass is 35.5. The minimum Gasteiger partial charge on any atom is -0.292 e. The van der Waals surface area contributed by atoms with E-state index in [1.54, 1.807) is 0 Å². The molecule has 0 saturated heterocycles. The maximum Gasteiger partial charge on any atom is 0.282 e. The monoisotopic (exact) mass is 684 g/mol. The first kappa shape index (κ1) is 30.2. The normalized spacial score (nSPS) is 13.5. The highest BCUT2D eigenvalue weighted by Crippen LogP contribution is 2.45. The summed E-state index contributed by atoms with van der Waals surface area (Å²) in [6.07, 6.45) is -0.160. The Morgan fingerprint density at radius 1 is 0.718 bits per heavy atom. The molecule has 6 nitrogen and oxygen atoms in total. The molecule has 1 aliphatic heterocycles. The molecule has 3 amide bonds. The van der Waals surface area contributed by atoms with Crippen LogP contribution in [-0.4, -0.2) is 45.4 Å². The lowest BCUT2D eigenvalue weighted by Gasteiger charge is -2.36. The summed E-state index contributed by atoms with van der Waals surface area (Å²) in [6, 6.07) is 8.27. The minimum atomic E-state index is -1.45. The van der Waals surface area contributed by atoms with Gasteiger partial charge in [0.05, 0.1) is 41.3 Å². The molecule has 0 aliphatic carbocycles.